The first-order valence-corrected chi connectivity index (χ1v) is 9.07. The molecule has 1 atom stereocenters. The van der Waals surface area contributed by atoms with Crippen molar-refractivity contribution in [1.82, 2.24) is 15.0 Å². The molecule has 1 aromatic heterocycles. The number of hydrogen-bond donors (Lipinski definition) is 0. The summed E-state index contributed by atoms with van der Waals surface area (Å²) in [5.41, 5.74) is 4.07. The van der Waals surface area contributed by atoms with Gasteiger partial charge in [0.1, 0.15) is 5.75 Å². The predicted octanol–water partition coefficient (Wildman–Crippen LogP) is 3.74. The predicted molar refractivity (Wildman–Crippen MR) is 104 cm³/mol. The summed E-state index contributed by atoms with van der Waals surface area (Å²) in [5, 5.41) is 8.41. The third-order valence-electron chi connectivity index (χ3n) is 5.18. The molecule has 6 heteroatoms. The number of nitrogens with zero attached hydrogens (tertiary/aromatic N) is 4. The van der Waals surface area contributed by atoms with E-state index in [1.165, 1.54) is 5.56 Å². The number of anilines is 1. The minimum atomic E-state index is -0.110. The van der Waals surface area contributed by atoms with Crippen molar-refractivity contribution in [1.29, 1.82) is 0 Å². The van der Waals surface area contributed by atoms with Crippen LogP contribution in [0, 0.1) is 6.92 Å². The number of hydrogen-bond acceptors (Lipinski definition) is 4. The zero-order valence-corrected chi connectivity index (χ0v) is 15.7. The Morgan fingerprint density at radius 3 is 2.81 bits per heavy atom. The van der Waals surface area contributed by atoms with Gasteiger partial charge in [-0.2, -0.15) is 0 Å². The first-order chi connectivity index (χ1) is 13.1. The molecule has 0 N–H and O–H groups in total. The minimum absolute atomic E-state index is 0.110. The van der Waals surface area contributed by atoms with Gasteiger partial charge in [0.2, 0.25) is 0 Å². The van der Waals surface area contributed by atoms with Gasteiger partial charge in [0, 0.05) is 18.3 Å². The number of fused-ring (bicyclic) bond motifs is 1. The summed E-state index contributed by atoms with van der Waals surface area (Å²) in [5.74, 6) is 1.06. The lowest BCUT2D eigenvalue weighted by Gasteiger charge is -2.32. The second kappa shape index (κ2) is 6.87. The van der Waals surface area contributed by atoms with Crippen LogP contribution in [0.1, 0.15) is 41.0 Å². The lowest BCUT2D eigenvalue weighted by Crippen LogP contribution is -2.37. The summed E-state index contributed by atoms with van der Waals surface area (Å²) >= 11 is 0. The fourth-order valence-corrected chi connectivity index (χ4v) is 3.60. The summed E-state index contributed by atoms with van der Waals surface area (Å²) in [6, 6.07) is 15.6. The zero-order chi connectivity index (χ0) is 19.0. The molecule has 1 aliphatic heterocycles. The van der Waals surface area contributed by atoms with Crippen LogP contribution in [0.2, 0.25) is 0 Å². The van der Waals surface area contributed by atoms with Crippen LogP contribution in [-0.2, 0) is 0 Å². The molecule has 1 aliphatic rings. The Morgan fingerprint density at radius 2 is 2.00 bits per heavy atom. The normalized spacial score (nSPS) is 16.1. The van der Waals surface area contributed by atoms with Crippen molar-refractivity contribution in [3.8, 4) is 11.4 Å². The van der Waals surface area contributed by atoms with Gasteiger partial charge in [-0.1, -0.05) is 36.4 Å². The molecule has 0 fully saturated rings. The largest absolute Gasteiger partial charge is 0.497 e. The molecule has 2 heterocycles. The molecule has 0 radical (unpaired) electrons. The molecule has 3 aromatic rings. The number of amides is 1. The third kappa shape index (κ3) is 2.97. The van der Waals surface area contributed by atoms with Gasteiger partial charge in [0.15, 0.2) is 5.69 Å². The van der Waals surface area contributed by atoms with Crippen LogP contribution in [0.4, 0.5) is 5.69 Å². The van der Waals surface area contributed by atoms with Gasteiger partial charge < -0.3 is 9.64 Å². The maximum atomic E-state index is 13.2. The van der Waals surface area contributed by atoms with Gasteiger partial charge in [-0.25, -0.2) is 4.68 Å². The molecule has 1 amide bonds. The van der Waals surface area contributed by atoms with Crippen molar-refractivity contribution in [2.45, 2.75) is 26.2 Å². The van der Waals surface area contributed by atoms with E-state index in [0.717, 1.165) is 23.5 Å². The average Bonchev–Trinajstić information content (AvgIpc) is 3.09. The highest BCUT2D eigenvalue weighted by Gasteiger charge is 2.30. The number of ether oxygens (including phenoxy) is 1. The van der Waals surface area contributed by atoms with Crippen LogP contribution in [0.5, 0.6) is 5.75 Å². The van der Waals surface area contributed by atoms with Crippen molar-refractivity contribution in [3.05, 3.63) is 65.5 Å². The summed E-state index contributed by atoms with van der Waals surface area (Å²) in [7, 11) is 1.62. The quantitative estimate of drug-likeness (QED) is 0.712. The van der Waals surface area contributed by atoms with Crippen molar-refractivity contribution in [2.24, 2.45) is 0 Å². The summed E-state index contributed by atoms with van der Waals surface area (Å²) in [6.45, 7) is 4.75. The van der Waals surface area contributed by atoms with E-state index in [2.05, 4.69) is 23.3 Å². The van der Waals surface area contributed by atoms with E-state index in [-0.39, 0.29) is 5.91 Å². The average molecular weight is 362 g/mol. The van der Waals surface area contributed by atoms with E-state index >= 15 is 0 Å². The first kappa shape index (κ1) is 17.3. The molecule has 27 heavy (non-hydrogen) atoms. The number of rotatable bonds is 3. The molecule has 2 aromatic carbocycles. The van der Waals surface area contributed by atoms with Crippen LogP contribution in [-0.4, -0.2) is 34.6 Å². The second-order valence-corrected chi connectivity index (χ2v) is 6.84. The number of carbonyl (C=O) groups is 1. The van der Waals surface area contributed by atoms with Gasteiger partial charge in [0.05, 0.1) is 18.5 Å². The van der Waals surface area contributed by atoms with Crippen molar-refractivity contribution in [2.75, 3.05) is 18.6 Å². The summed E-state index contributed by atoms with van der Waals surface area (Å²) < 4.78 is 6.95. The smallest absolute Gasteiger partial charge is 0.280 e. The molecule has 1 unspecified atom stereocenters. The van der Waals surface area contributed by atoms with Gasteiger partial charge in [0.25, 0.3) is 5.91 Å². The molecular formula is C21H22N4O2. The van der Waals surface area contributed by atoms with Gasteiger partial charge in [-0.15, -0.1) is 5.10 Å². The topological polar surface area (TPSA) is 60.2 Å². The molecular weight excluding hydrogens is 340 g/mol. The van der Waals surface area contributed by atoms with Gasteiger partial charge in [-0.3, -0.25) is 4.79 Å². The SMILES string of the molecule is COc1cccc(-n2nnc(C(=O)N3CCC(C)c4ccccc43)c2C)c1. The van der Waals surface area contributed by atoms with Crippen molar-refractivity contribution < 1.29 is 9.53 Å². The van der Waals surface area contributed by atoms with E-state index in [1.54, 1.807) is 11.8 Å². The van der Waals surface area contributed by atoms with E-state index in [4.69, 9.17) is 4.74 Å². The van der Waals surface area contributed by atoms with E-state index in [1.807, 2.05) is 54.3 Å². The molecule has 0 saturated carbocycles. The number of benzene rings is 2. The number of carbonyl (C=O) groups excluding carboxylic acids is 1. The Kier molecular flexibility index (Phi) is 4.39. The first-order valence-electron chi connectivity index (χ1n) is 9.07. The molecule has 138 valence electrons. The standard InChI is InChI=1S/C21H22N4O2/c1-14-11-12-24(19-10-5-4-9-18(14)19)21(26)20-15(2)25(23-22-20)16-7-6-8-17(13-16)27-3/h4-10,13-14H,11-12H2,1-3H3. The molecule has 0 spiro atoms. The van der Waals surface area contributed by atoms with Crippen LogP contribution in [0.15, 0.2) is 48.5 Å². The van der Waals surface area contributed by atoms with Crippen LogP contribution >= 0.6 is 0 Å². The van der Waals surface area contributed by atoms with Crippen LogP contribution < -0.4 is 9.64 Å². The molecule has 0 aliphatic carbocycles. The lowest BCUT2D eigenvalue weighted by molar-refractivity contribution is 0.0979. The molecule has 4 rings (SSSR count). The number of methoxy groups -OCH3 is 1. The lowest BCUT2D eigenvalue weighted by atomic mass is 9.91. The third-order valence-corrected chi connectivity index (χ3v) is 5.18. The second-order valence-electron chi connectivity index (χ2n) is 6.84. The Balaban J connectivity index is 1.70. The van der Waals surface area contributed by atoms with E-state index in [0.29, 0.717) is 23.9 Å². The molecule has 0 bridgehead atoms. The highest BCUT2D eigenvalue weighted by atomic mass is 16.5. The van der Waals surface area contributed by atoms with E-state index < -0.39 is 0 Å². The van der Waals surface area contributed by atoms with Crippen molar-refractivity contribution >= 4 is 11.6 Å². The monoisotopic (exact) mass is 362 g/mol. The number of aromatic nitrogens is 3. The van der Waals surface area contributed by atoms with Gasteiger partial charge >= 0.3 is 0 Å². The van der Waals surface area contributed by atoms with E-state index in [9.17, 15) is 4.79 Å². The summed E-state index contributed by atoms with van der Waals surface area (Å²) in [6.07, 6.45) is 0.936. The minimum Gasteiger partial charge on any atom is -0.497 e. The fraction of sp³-hybridized carbons (Fsp3) is 0.286. The fourth-order valence-electron chi connectivity index (χ4n) is 3.60. The van der Waals surface area contributed by atoms with Crippen molar-refractivity contribution in [3.63, 3.8) is 0 Å². The molecule has 6 nitrogen and oxygen atoms in total. The highest BCUT2D eigenvalue weighted by Crippen LogP contribution is 2.35. The Labute approximate surface area is 158 Å². The Bertz CT molecular complexity index is 995. The Hall–Kier alpha value is -3.15. The highest BCUT2D eigenvalue weighted by molar-refractivity contribution is 6.06. The summed E-state index contributed by atoms with van der Waals surface area (Å²) in [4.78, 5) is 15.1. The van der Waals surface area contributed by atoms with Crippen LogP contribution in [0.25, 0.3) is 5.69 Å². The zero-order valence-electron chi connectivity index (χ0n) is 15.7. The Morgan fingerprint density at radius 1 is 1.19 bits per heavy atom. The maximum absolute atomic E-state index is 13.2. The maximum Gasteiger partial charge on any atom is 0.280 e. The van der Waals surface area contributed by atoms with Crippen LogP contribution in [0.3, 0.4) is 0 Å². The van der Waals surface area contributed by atoms with Gasteiger partial charge in [-0.05, 0) is 43.0 Å². The number of para-hydroxylation sites is 1. The molecule has 0 saturated heterocycles.